The van der Waals surface area contributed by atoms with Crippen molar-refractivity contribution in [2.75, 3.05) is 6.61 Å². The van der Waals surface area contributed by atoms with E-state index < -0.39 is 0 Å². The van der Waals surface area contributed by atoms with Gasteiger partial charge in [-0.1, -0.05) is 0 Å². The summed E-state index contributed by atoms with van der Waals surface area (Å²) in [5.74, 6) is 0. The number of rotatable bonds is 2. The van der Waals surface area contributed by atoms with Crippen molar-refractivity contribution in [3.63, 3.8) is 0 Å². The van der Waals surface area contributed by atoms with Crippen molar-refractivity contribution < 1.29 is 9.47 Å². The minimum atomic E-state index is 0.0117. The molecule has 0 aromatic rings. The molecule has 1 fully saturated rings. The SMILES string of the molecule is CC(C)OC1CCOC(C)(C)C1. The topological polar surface area (TPSA) is 18.5 Å². The Kier molecular flexibility index (Phi) is 3.13. The second-order valence-corrected chi connectivity index (χ2v) is 4.41. The Balaban J connectivity index is 2.36. The maximum absolute atomic E-state index is 5.75. The molecular formula is C10H20O2. The molecular weight excluding hydrogens is 152 g/mol. The Hall–Kier alpha value is -0.0800. The third kappa shape index (κ3) is 3.11. The maximum Gasteiger partial charge on any atom is 0.0651 e. The first-order chi connectivity index (χ1) is 5.49. The van der Waals surface area contributed by atoms with Gasteiger partial charge in [0.25, 0.3) is 0 Å². The molecule has 0 spiro atoms. The summed E-state index contributed by atoms with van der Waals surface area (Å²) in [5.41, 5.74) is 0.0117. The van der Waals surface area contributed by atoms with Gasteiger partial charge in [-0.15, -0.1) is 0 Å². The summed E-state index contributed by atoms with van der Waals surface area (Å²) < 4.78 is 11.3. The fourth-order valence-corrected chi connectivity index (χ4v) is 1.68. The van der Waals surface area contributed by atoms with Crippen molar-refractivity contribution in [3.8, 4) is 0 Å². The van der Waals surface area contributed by atoms with Gasteiger partial charge in [-0.25, -0.2) is 0 Å². The van der Waals surface area contributed by atoms with E-state index >= 15 is 0 Å². The van der Waals surface area contributed by atoms with Gasteiger partial charge in [-0.3, -0.25) is 0 Å². The highest BCUT2D eigenvalue weighted by atomic mass is 16.5. The van der Waals surface area contributed by atoms with Crippen molar-refractivity contribution in [1.29, 1.82) is 0 Å². The minimum absolute atomic E-state index is 0.0117. The molecule has 1 unspecified atom stereocenters. The van der Waals surface area contributed by atoms with E-state index in [4.69, 9.17) is 9.47 Å². The molecule has 1 rings (SSSR count). The Labute approximate surface area is 75.2 Å². The first-order valence-corrected chi connectivity index (χ1v) is 4.79. The summed E-state index contributed by atoms with van der Waals surface area (Å²) in [4.78, 5) is 0. The smallest absolute Gasteiger partial charge is 0.0651 e. The standard InChI is InChI=1S/C10H20O2/c1-8(2)12-9-5-6-11-10(3,4)7-9/h8-9H,5-7H2,1-4H3. The summed E-state index contributed by atoms with van der Waals surface area (Å²) >= 11 is 0. The highest BCUT2D eigenvalue weighted by Gasteiger charge is 2.29. The molecule has 1 atom stereocenters. The fourth-order valence-electron chi connectivity index (χ4n) is 1.68. The van der Waals surface area contributed by atoms with E-state index in [1.165, 1.54) is 0 Å². The predicted molar refractivity (Wildman–Crippen MR) is 49.3 cm³/mol. The summed E-state index contributed by atoms with van der Waals surface area (Å²) in [7, 11) is 0. The van der Waals surface area contributed by atoms with Crippen LogP contribution in [-0.4, -0.2) is 24.4 Å². The van der Waals surface area contributed by atoms with Crippen LogP contribution in [0, 0.1) is 0 Å². The first-order valence-electron chi connectivity index (χ1n) is 4.79. The van der Waals surface area contributed by atoms with E-state index in [0.29, 0.717) is 12.2 Å². The van der Waals surface area contributed by atoms with Crippen LogP contribution < -0.4 is 0 Å². The van der Waals surface area contributed by atoms with E-state index in [2.05, 4.69) is 27.7 Å². The fraction of sp³-hybridized carbons (Fsp3) is 1.00. The van der Waals surface area contributed by atoms with E-state index in [1.54, 1.807) is 0 Å². The van der Waals surface area contributed by atoms with Crippen molar-refractivity contribution in [2.45, 2.75) is 58.3 Å². The van der Waals surface area contributed by atoms with Gasteiger partial charge in [0.2, 0.25) is 0 Å². The molecule has 1 aliphatic heterocycles. The molecule has 0 radical (unpaired) electrons. The molecule has 0 amide bonds. The highest BCUT2D eigenvalue weighted by molar-refractivity contribution is 4.79. The lowest BCUT2D eigenvalue weighted by Crippen LogP contribution is -2.38. The molecule has 0 aromatic heterocycles. The number of hydrogen-bond donors (Lipinski definition) is 0. The number of hydrogen-bond acceptors (Lipinski definition) is 2. The first kappa shape index (κ1) is 10.0. The highest BCUT2D eigenvalue weighted by Crippen LogP contribution is 2.26. The summed E-state index contributed by atoms with van der Waals surface area (Å²) in [6, 6.07) is 0. The van der Waals surface area contributed by atoms with Gasteiger partial charge in [0, 0.05) is 13.0 Å². The van der Waals surface area contributed by atoms with E-state index in [0.717, 1.165) is 19.4 Å². The predicted octanol–water partition coefficient (Wildman–Crippen LogP) is 2.37. The Morgan fingerprint density at radius 3 is 2.58 bits per heavy atom. The maximum atomic E-state index is 5.75. The van der Waals surface area contributed by atoms with Gasteiger partial charge in [0.05, 0.1) is 17.8 Å². The molecule has 0 bridgehead atoms. The lowest BCUT2D eigenvalue weighted by molar-refractivity contribution is -0.127. The quantitative estimate of drug-likeness (QED) is 0.636. The van der Waals surface area contributed by atoms with Crippen molar-refractivity contribution in [1.82, 2.24) is 0 Å². The van der Waals surface area contributed by atoms with Crippen LogP contribution in [0.2, 0.25) is 0 Å². The largest absolute Gasteiger partial charge is 0.375 e. The van der Waals surface area contributed by atoms with Gasteiger partial charge in [-0.05, 0) is 34.1 Å². The average Bonchev–Trinajstić information content (AvgIpc) is 1.82. The second kappa shape index (κ2) is 3.75. The monoisotopic (exact) mass is 172 g/mol. The van der Waals surface area contributed by atoms with Crippen LogP contribution >= 0.6 is 0 Å². The van der Waals surface area contributed by atoms with Gasteiger partial charge in [0.15, 0.2) is 0 Å². The van der Waals surface area contributed by atoms with Crippen LogP contribution in [0.3, 0.4) is 0 Å². The summed E-state index contributed by atoms with van der Waals surface area (Å²) in [6.45, 7) is 9.26. The van der Waals surface area contributed by atoms with Gasteiger partial charge in [-0.2, -0.15) is 0 Å². The van der Waals surface area contributed by atoms with E-state index in [1.807, 2.05) is 0 Å². The van der Waals surface area contributed by atoms with Crippen molar-refractivity contribution in [2.24, 2.45) is 0 Å². The summed E-state index contributed by atoms with van der Waals surface area (Å²) in [6.07, 6.45) is 2.80. The molecule has 0 aromatic carbocycles. The van der Waals surface area contributed by atoms with E-state index in [9.17, 15) is 0 Å². The van der Waals surface area contributed by atoms with Gasteiger partial charge >= 0.3 is 0 Å². The van der Waals surface area contributed by atoms with Crippen LogP contribution in [0.4, 0.5) is 0 Å². The Morgan fingerprint density at radius 2 is 2.08 bits per heavy atom. The molecule has 0 aliphatic carbocycles. The molecule has 1 aliphatic rings. The molecule has 1 heterocycles. The zero-order chi connectivity index (χ0) is 9.19. The molecule has 0 saturated carbocycles. The normalized spacial score (nSPS) is 29.2. The third-order valence-corrected chi connectivity index (χ3v) is 2.12. The minimum Gasteiger partial charge on any atom is -0.375 e. The second-order valence-electron chi connectivity index (χ2n) is 4.41. The lowest BCUT2D eigenvalue weighted by atomic mass is 9.96. The van der Waals surface area contributed by atoms with Crippen LogP contribution in [0.1, 0.15) is 40.5 Å². The third-order valence-electron chi connectivity index (χ3n) is 2.12. The van der Waals surface area contributed by atoms with Crippen LogP contribution in [0.25, 0.3) is 0 Å². The molecule has 12 heavy (non-hydrogen) atoms. The van der Waals surface area contributed by atoms with Crippen LogP contribution in [-0.2, 0) is 9.47 Å². The zero-order valence-corrected chi connectivity index (χ0v) is 8.59. The van der Waals surface area contributed by atoms with Crippen molar-refractivity contribution in [3.05, 3.63) is 0 Å². The average molecular weight is 172 g/mol. The van der Waals surface area contributed by atoms with Crippen LogP contribution in [0.5, 0.6) is 0 Å². The number of ether oxygens (including phenoxy) is 2. The van der Waals surface area contributed by atoms with Gasteiger partial charge < -0.3 is 9.47 Å². The molecule has 1 saturated heterocycles. The Morgan fingerprint density at radius 1 is 1.42 bits per heavy atom. The molecule has 72 valence electrons. The van der Waals surface area contributed by atoms with Gasteiger partial charge in [0.1, 0.15) is 0 Å². The molecule has 2 heteroatoms. The van der Waals surface area contributed by atoms with E-state index in [-0.39, 0.29) is 5.60 Å². The van der Waals surface area contributed by atoms with Crippen molar-refractivity contribution >= 4 is 0 Å². The zero-order valence-electron chi connectivity index (χ0n) is 8.59. The Bertz CT molecular complexity index is 141. The van der Waals surface area contributed by atoms with Crippen LogP contribution in [0.15, 0.2) is 0 Å². The molecule has 0 N–H and O–H groups in total. The molecule has 2 nitrogen and oxygen atoms in total. The lowest BCUT2D eigenvalue weighted by Gasteiger charge is -2.36. The summed E-state index contributed by atoms with van der Waals surface area (Å²) in [5, 5.41) is 0.